The molecule has 0 heterocycles. The van der Waals surface area contributed by atoms with Crippen molar-refractivity contribution in [3.8, 4) is 0 Å². The molecule has 8 heavy (non-hydrogen) atoms. The minimum absolute atomic E-state index is 0. The van der Waals surface area contributed by atoms with Crippen LogP contribution in [0.1, 0.15) is 2.85 Å². The molecule has 0 aliphatic heterocycles. The first-order valence-electron chi connectivity index (χ1n) is 0. The molecule has 0 rings (SSSR count). The Kier molecular flexibility index (Phi) is 335000. The maximum Gasteiger partial charge on any atom is 2.00 e. The minimum Gasteiger partial charge on any atom is -1.00 e. The van der Waals surface area contributed by atoms with E-state index in [0.717, 1.165) is 0 Å². The molecule has 0 bridgehead atoms. The smallest absolute Gasteiger partial charge is 1.00 e. The van der Waals surface area contributed by atoms with Gasteiger partial charge in [-0.2, -0.15) is 0 Å². The summed E-state index contributed by atoms with van der Waals surface area (Å²) < 4.78 is 0. The summed E-state index contributed by atoms with van der Waals surface area (Å²) in [5.74, 6) is 0. The van der Waals surface area contributed by atoms with Crippen LogP contribution in [0.3, 0.4) is 0 Å². The van der Waals surface area contributed by atoms with Crippen LogP contribution in [0, 0.1) is 0 Å². The first-order chi connectivity index (χ1) is 0. The first kappa shape index (κ1) is 2010. The zero-order valence-electron chi connectivity index (χ0n) is 6.21. The zero-order chi connectivity index (χ0) is 0. The molecule has 0 spiro atoms. The molecule has 0 unspecified atom stereocenters. The minimum atomic E-state index is 0. The van der Waals surface area contributed by atoms with Gasteiger partial charge in [0.25, 0.3) is 0 Å². The predicted octanol–water partition coefficient (Wildman–Crippen LogP) is -5.93. The van der Waals surface area contributed by atoms with Crippen molar-refractivity contribution in [2.24, 2.45) is 0 Å². The van der Waals surface area contributed by atoms with Gasteiger partial charge in [0.15, 0.2) is 0 Å². The maximum absolute atomic E-state index is 0. The van der Waals surface area contributed by atoms with Crippen molar-refractivity contribution in [2.45, 2.75) is 0 Å². The van der Waals surface area contributed by atoms with Crippen LogP contribution in [0.2, 0.25) is 0 Å². The first-order valence-corrected chi connectivity index (χ1v) is 0. The molecule has 0 fully saturated rings. The average molecular weight is 152 g/mol. The fourth-order valence-electron chi connectivity index (χ4n) is 0. The molecule has 60 valence electrons. The van der Waals surface area contributed by atoms with E-state index in [2.05, 4.69) is 0 Å². The number of rotatable bonds is 0. The molecule has 14 N–H and O–H groups in total. The fourth-order valence-corrected chi connectivity index (χ4v) is 0. The second kappa shape index (κ2) is 1330. The van der Waals surface area contributed by atoms with Gasteiger partial charge < -0.3 is 41.2 Å². The van der Waals surface area contributed by atoms with E-state index in [-0.39, 0.29) is 64.2 Å². The van der Waals surface area contributed by atoms with Gasteiger partial charge in [-0.05, 0) is 0 Å². The predicted molar refractivity (Wildman–Crippen MR) is 33.3 cm³/mol. The van der Waals surface area contributed by atoms with Gasteiger partial charge in [-0.1, -0.05) is 0 Å². The molecule has 0 aromatic carbocycles. The molecule has 8 heteroatoms. The SMILES string of the molecule is O.O.O.O.O.O.O.[H-].[H-].[Mg+2]. The van der Waals surface area contributed by atoms with Crippen molar-refractivity contribution < 1.29 is 41.2 Å². The van der Waals surface area contributed by atoms with E-state index in [1.165, 1.54) is 0 Å². The van der Waals surface area contributed by atoms with Crippen molar-refractivity contribution in [3.05, 3.63) is 0 Å². The number of hydrogen-bond acceptors (Lipinski definition) is 0. The van der Waals surface area contributed by atoms with E-state index in [4.69, 9.17) is 0 Å². The Balaban J connectivity index is 0. The quantitative estimate of drug-likeness (QED) is 0.296. The van der Waals surface area contributed by atoms with Gasteiger partial charge in [0, 0.05) is 0 Å². The van der Waals surface area contributed by atoms with E-state index in [1.807, 2.05) is 0 Å². The fraction of sp³-hybridized carbons (Fsp3) is 0. The van der Waals surface area contributed by atoms with E-state index < -0.39 is 0 Å². The molecule has 0 aromatic heterocycles. The van der Waals surface area contributed by atoms with E-state index >= 15 is 0 Å². The van der Waals surface area contributed by atoms with Crippen molar-refractivity contribution in [2.75, 3.05) is 0 Å². The molecular weight excluding hydrogens is 136 g/mol. The Hall–Kier alpha value is 0.486. The van der Waals surface area contributed by atoms with E-state index in [9.17, 15) is 0 Å². The molecule has 0 aliphatic rings. The third-order valence-corrected chi connectivity index (χ3v) is 0. The van der Waals surface area contributed by atoms with Crippen LogP contribution in [-0.4, -0.2) is 61.4 Å². The van der Waals surface area contributed by atoms with Gasteiger partial charge in [0.05, 0.1) is 0 Å². The topological polar surface area (TPSA) is 220 Å². The second-order valence-electron chi connectivity index (χ2n) is 0. The summed E-state index contributed by atoms with van der Waals surface area (Å²) in [5, 5.41) is 0. The van der Waals surface area contributed by atoms with E-state index in [1.54, 1.807) is 0 Å². The van der Waals surface area contributed by atoms with Crippen molar-refractivity contribution in [1.29, 1.82) is 0 Å². The summed E-state index contributed by atoms with van der Waals surface area (Å²) in [6, 6.07) is 0. The summed E-state index contributed by atoms with van der Waals surface area (Å²) >= 11 is 0. The Morgan fingerprint density at radius 3 is 0.375 bits per heavy atom. The van der Waals surface area contributed by atoms with Crippen LogP contribution in [0.4, 0.5) is 0 Å². The van der Waals surface area contributed by atoms with Crippen molar-refractivity contribution >= 4 is 23.1 Å². The van der Waals surface area contributed by atoms with Crippen molar-refractivity contribution in [1.82, 2.24) is 0 Å². The van der Waals surface area contributed by atoms with Gasteiger partial charge in [0.1, 0.15) is 0 Å². The van der Waals surface area contributed by atoms with Crippen LogP contribution < -0.4 is 0 Å². The summed E-state index contributed by atoms with van der Waals surface area (Å²) in [7, 11) is 0. The molecule has 0 amide bonds. The van der Waals surface area contributed by atoms with Gasteiger partial charge in [0.2, 0.25) is 0 Å². The Morgan fingerprint density at radius 1 is 0.375 bits per heavy atom. The third-order valence-electron chi connectivity index (χ3n) is 0. The summed E-state index contributed by atoms with van der Waals surface area (Å²) in [6.07, 6.45) is 0. The van der Waals surface area contributed by atoms with Gasteiger partial charge in [-0.15, -0.1) is 0 Å². The molecule has 0 saturated carbocycles. The van der Waals surface area contributed by atoms with Crippen LogP contribution >= 0.6 is 0 Å². The van der Waals surface area contributed by atoms with Crippen LogP contribution in [-0.2, 0) is 0 Å². The Morgan fingerprint density at radius 2 is 0.375 bits per heavy atom. The molecule has 0 radical (unpaired) electrons. The standard InChI is InChI=1S/Mg.7H2O.2H/h;7*1H2;;/q+2;;;;;;;;2*-1. The summed E-state index contributed by atoms with van der Waals surface area (Å²) in [4.78, 5) is 0. The average Bonchev–Trinajstić information content (AvgIpc) is 0. The Bertz CT molecular complexity index is 11.6. The van der Waals surface area contributed by atoms with Gasteiger partial charge in [-0.3, -0.25) is 0 Å². The molecule has 0 saturated heterocycles. The molecule has 7 nitrogen and oxygen atoms in total. The van der Waals surface area contributed by atoms with Crippen LogP contribution in [0.5, 0.6) is 0 Å². The molecule has 0 atom stereocenters. The molecule has 0 aromatic rings. The zero-order valence-corrected chi connectivity index (χ0v) is 5.62. The normalized spacial score (nSPS) is 0. The maximum atomic E-state index is 0. The van der Waals surface area contributed by atoms with Crippen molar-refractivity contribution in [3.63, 3.8) is 0 Å². The van der Waals surface area contributed by atoms with E-state index in [0.29, 0.717) is 0 Å². The largest absolute Gasteiger partial charge is 2.00 e. The monoisotopic (exact) mass is 152 g/mol. The second-order valence-corrected chi connectivity index (χ2v) is 0. The molecular formula is H16MgO7. The van der Waals surface area contributed by atoms with Gasteiger partial charge in [-0.25, -0.2) is 0 Å². The van der Waals surface area contributed by atoms with Crippen LogP contribution in [0.25, 0.3) is 0 Å². The summed E-state index contributed by atoms with van der Waals surface area (Å²) in [5.41, 5.74) is 0. The number of hydrogen-bond donors (Lipinski definition) is 0. The summed E-state index contributed by atoms with van der Waals surface area (Å²) in [6.45, 7) is 0. The Labute approximate surface area is 65.0 Å². The van der Waals surface area contributed by atoms with Gasteiger partial charge >= 0.3 is 23.1 Å². The molecule has 0 aliphatic carbocycles. The third kappa shape index (κ3) is 826. The van der Waals surface area contributed by atoms with Crippen LogP contribution in [0.15, 0.2) is 0 Å².